The van der Waals surface area contributed by atoms with Crippen molar-refractivity contribution >= 4 is 11.6 Å². The van der Waals surface area contributed by atoms with Crippen molar-refractivity contribution in [3.63, 3.8) is 0 Å². The summed E-state index contributed by atoms with van der Waals surface area (Å²) in [6.45, 7) is 5.83. The molecule has 116 valence electrons. The Hall–Kier alpha value is -2.95. The maximum absolute atomic E-state index is 12.5. The van der Waals surface area contributed by atoms with E-state index in [1.165, 1.54) is 0 Å². The standard InChI is InChI=1S/C18H18N4O/c1-12-9-10-16(13(2)11-12)19-18(23)17-14(3)22(21-20-17)15-7-5-4-6-8-15/h4-11H,1-3H3,(H,19,23). The van der Waals surface area contributed by atoms with Crippen LogP contribution in [0.3, 0.4) is 0 Å². The molecule has 0 fully saturated rings. The van der Waals surface area contributed by atoms with Crippen molar-refractivity contribution in [3.8, 4) is 5.69 Å². The van der Waals surface area contributed by atoms with E-state index >= 15 is 0 Å². The van der Waals surface area contributed by atoms with Crippen LogP contribution in [-0.4, -0.2) is 20.9 Å². The number of carbonyl (C=O) groups excluding carboxylic acids is 1. The third-order valence-electron chi connectivity index (χ3n) is 3.74. The van der Waals surface area contributed by atoms with Crippen molar-refractivity contribution in [2.24, 2.45) is 0 Å². The summed E-state index contributed by atoms with van der Waals surface area (Å²) in [4.78, 5) is 12.5. The first-order valence-corrected chi connectivity index (χ1v) is 7.42. The number of anilines is 1. The fourth-order valence-corrected chi connectivity index (χ4v) is 2.49. The topological polar surface area (TPSA) is 59.8 Å². The summed E-state index contributed by atoms with van der Waals surface area (Å²) in [5.74, 6) is -0.253. The van der Waals surface area contributed by atoms with Crippen molar-refractivity contribution in [2.75, 3.05) is 5.32 Å². The van der Waals surface area contributed by atoms with Crippen LogP contribution in [0.2, 0.25) is 0 Å². The zero-order valence-electron chi connectivity index (χ0n) is 13.4. The van der Waals surface area contributed by atoms with Crippen LogP contribution in [0.25, 0.3) is 5.69 Å². The molecule has 3 rings (SSSR count). The van der Waals surface area contributed by atoms with E-state index < -0.39 is 0 Å². The minimum atomic E-state index is -0.253. The van der Waals surface area contributed by atoms with Gasteiger partial charge in [-0.1, -0.05) is 41.1 Å². The Bertz CT molecular complexity index is 853. The quantitative estimate of drug-likeness (QED) is 0.806. The van der Waals surface area contributed by atoms with E-state index in [1.807, 2.05) is 69.3 Å². The molecule has 0 aliphatic heterocycles. The number of aromatic nitrogens is 3. The second kappa shape index (κ2) is 6.04. The molecular formula is C18H18N4O. The molecule has 5 nitrogen and oxygen atoms in total. The van der Waals surface area contributed by atoms with Crippen LogP contribution < -0.4 is 5.32 Å². The van der Waals surface area contributed by atoms with Crippen LogP contribution in [-0.2, 0) is 0 Å². The third kappa shape index (κ3) is 2.99. The van der Waals surface area contributed by atoms with Gasteiger partial charge in [-0.25, -0.2) is 4.68 Å². The Morgan fingerprint density at radius 1 is 1.04 bits per heavy atom. The molecule has 0 atom stereocenters. The molecule has 0 aliphatic carbocycles. The van der Waals surface area contributed by atoms with Gasteiger partial charge in [0.25, 0.3) is 5.91 Å². The number of amides is 1. The van der Waals surface area contributed by atoms with Crippen LogP contribution >= 0.6 is 0 Å². The van der Waals surface area contributed by atoms with Crippen LogP contribution in [0.4, 0.5) is 5.69 Å². The van der Waals surface area contributed by atoms with Gasteiger partial charge in [-0.2, -0.15) is 0 Å². The normalized spacial score (nSPS) is 10.6. The summed E-state index contributed by atoms with van der Waals surface area (Å²) >= 11 is 0. The number of hydrogen-bond donors (Lipinski definition) is 1. The molecule has 23 heavy (non-hydrogen) atoms. The number of nitrogens with zero attached hydrogens (tertiary/aromatic N) is 3. The fraction of sp³-hybridized carbons (Fsp3) is 0.167. The first-order chi connectivity index (χ1) is 11.1. The van der Waals surface area contributed by atoms with E-state index in [0.717, 1.165) is 22.5 Å². The van der Waals surface area contributed by atoms with Crippen molar-refractivity contribution in [3.05, 3.63) is 71.0 Å². The first-order valence-electron chi connectivity index (χ1n) is 7.42. The summed E-state index contributed by atoms with van der Waals surface area (Å²) in [5.41, 5.74) is 4.88. The largest absolute Gasteiger partial charge is 0.320 e. The number of rotatable bonds is 3. The smallest absolute Gasteiger partial charge is 0.278 e. The van der Waals surface area contributed by atoms with Crippen molar-refractivity contribution in [1.29, 1.82) is 0 Å². The summed E-state index contributed by atoms with van der Waals surface area (Å²) < 4.78 is 1.66. The highest BCUT2D eigenvalue weighted by Crippen LogP contribution is 2.18. The first kappa shape index (κ1) is 15.0. The molecule has 1 aromatic heterocycles. The highest BCUT2D eigenvalue weighted by atomic mass is 16.2. The van der Waals surface area contributed by atoms with Crippen LogP contribution in [0.15, 0.2) is 48.5 Å². The Morgan fingerprint density at radius 2 is 1.78 bits per heavy atom. The maximum Gasteiger partial charge on any atom is 0.278 e. The van der Waals surface area contributed by atoms with Gasteiger partial charge in [0.15, 0.2) is 5.69 Å². The number of aryl methyl sites for hydroxylation is 2. The summed E-state index contributed by atoms with van der Waals surface area (Å²) in [7, 11) is 0. The van der Waals surface area contributed by atoms with Crippen LogP contribution in [0.1, 0.15) is 27.3 Å². The number of para-hydroxylation sites is 1. The Kier molecular flexibility index (Phi) is 3.93. The molecule has 1 amide bonds. The average Bonchev–Trinajstić information content (AvgIpc) is 2.92. The van der Waals surface area contributed by atoms with Gasteiger partial charge in [0.1, 0.15) is 0 Å². The lowest BCUT2D eigenvalue weighted by Gasteiger charge is -2.08. The molecule has 2 aromatic carbocycles. The highest BCUT2D eigenvalue weighted by Gasteiger charge is 2.17. The zero-order chi connectivity index (χ0) is 16.4. The summed E-state index contributed by atoms with van der Waals surface area (Å²) in [6.07, 6.45) is 0. The van der Waals surface area contributed by atoms with Gasteiger partial charge in [0.05, 0.1) is 11.4 Å². The third-order valence-corrected chi connectivity index (χ3v) is 3.74. The second-order valence-electron chi connectivity index (χ2n) is 5.54. The minimum absolute atomic E-state index is 0.253. The van der Waals surface area contributed by atoms with Crippen molar-refractivity contribution in [1.82, 2.24) is 15.0 Å². The van der Waals surface area contributed by atoms with E-state index in [2.05, 4.69) is 15.6 Å². The number of nitrogens with one attached hydrogen (secondary N) is 1. The van der Waals surface area contributed by atoms with E-state index in [-0.39, 0.29) is 5.91 Å². The van der Waals surface area contributed by atoms with E-state index in [9.17, 15) is 4.79 Å². The number of hydrogen-bond acceptors (Lipinski definition) is 3. The average molecular weight is 306 g/mol. The lowest BCUT2D eigenvalue weighted by Crippen LogP contribution is -2.15. The Morgan fingerprint density at radius 3 is 2.48 bits per heavy atom. The fourth-order valence-electron chi connectivity index (χ4n) is 2.49. The number of benzene rings is 2. The zero-order valence-corrected chi connectivity index (χ0v) is 13.4. The van der Waals surface area contributed by atoms with Gasteiger partial charge in [-0.05, 0) is 44.5 Å². The van der Waals surface area contributed by atoms with E-state index in [4.69, 9.17) is 0 Å². The molecule has 1 N–H and O–H groups in total. The second-order valence-corrected chi connectivity index (χ2v) is 5.54. The van der Waals surface area contributed by atoms with Crippen molar-refractivity contribution < 1.29 is 4.79 Å². The van der Waals surface area contributed by atoms with Gasteiger partial charge in [0.2, 0.25) is 0 Å². The van der Waals surface area contributed by atoms with E-state index in [1.54, 1.807) is 4.68 Å². The van der Waals surface area contributed by atoms with Crippen LogP contribution in [0, 0.1) is 20.8 Å². The molecule has 0 saturated carbocycles. The molecule has 0 radical (unpaired) electrons. The van der Waals surface area contributed by atoms with Gasteiger partial charge in [-0.3, -0.25) is 4.79 Å². The molecule has 0 spiro atoms. The maximum atomic E-state index is 12.5. The molecule has 0 aliphatic rings. The lowest BCUT2D eigenvalue weighted by atomic mass is 10.1. The number of carbonyl (C=O) groups is 1. The van der Waals surface area contributed by atoms with Crippen molar-refractivity contribution in [2.45, 2.75) is 20.8 Å². The predicted molar refractivity (Wildman–Crippen MR) is 90.0 cm³/mol. The monoisotopic (exact) mass is 306 g/mol. The molecule has 0 bridgehead atoms. The SMILES string of the molecule is Cc1ccc(NC(=O)c2nnn(-c3ccccc3)c2C)c(C)c1. The summed E-state index contributed by atoms with van der Waals surface area (Å²) in [6, 6.07) is 15.5. The predicted octanol–water partition coefficient (Wildman–Crippen LogP) is 3.44. The molecule has 0 unspecified atom stereocenters. The molecule has 0 saturated heterocycles. The van der Waals surface area contributed by atoms with Gasteiger partial charge in [-0.15, -0.1) is 5.10 Å². The Labute approximate surface area is 135 Å². The molecular weight excluding hydrogens is 288 g/mol. The highest BCUT2D eigenvalue weighted by molar-refractivity contribution is 6.04. The molecule has 5 heteroatoms. The Balaban J connectivity index is 1.88. The van der Waals surface area contributed by atoms with E-state index in [0.29, 0.717) is 11.4 Å². The lowest BCUT2D eigenvalue weighted by molar-refractivity contribution is 0.102. The van der Waals surface area contributed by atoms with Gasteiger partial charge >= 0.3 is 0 Å². The van der Waals surface area contributed by atoms with Gasteiger partial charge in [0, 0.05) is 5.69 Å². The van der Waals surface area contributed by atoms with Gasteiger partial charge < -0.3 is 5.32 Å². The summed E-state index contributed by atoms with van der Waals surface area (Å²) in [5, 5.41) is 11.0. The van der Waals surface area contributed by atoms with Crippen LogP contribution in [0.5, 0.6) is 0 Å². The minimum Gasteiger partial charge on any atom is -0.320 e. The molecule has 3 aromatic rings. The molecule has 1 heterocycles.